The van der Waals surface area contributed by atoms with Gasteiger partial charge in [0.2, 0.25) is 0 Å². The smallest absolute Gasteiger partial charge is 0.328 e. The van der Waals surface area contributed by atoms with E-state index in [-0.39, 0.29) is 11.9 Å². The Bertz CT molecular complexity index is 666. The van der Waals surface area contributed by atoms with Crippen molar-refractivity contribution in [1.82, 2.24) is 0 Å². The molecule has 1 aromatic carbocycles. The minimum Gasteiger partial charge on any atom is -0.467 e. The molecule has 1 amide bonds. The Hall–Kier alpha value is -2.14. The lowest BCUT2D eigenvalue weighted by Crippen LogP contribution is -2.48. The number of fused-ring (bicyclic) bond motifs is 1. The van der Waals surface area contributed by atoms with Crippen molar-refractivity contribution in [2.45, 2.75) is 18.9 Å². The molecule has 1 aliphatic rings. The van der Waals surface area contributed by atoms with Gasteiger partial charge in [0.15, 0.2) is 0 Å². The standard InChI is InChI=1S/C16H15NO3S/c1-20-16(19)13-9-8-11-5-2-3-6-12(11)17(13)15(18)14-7-4-10-21-14/h2-7,10,13H,8-9H2,1H3/t13-/m1/s1. The molecule has 0 saturated carbocycles. The van der Waals surface area contributed by atoms with E-state index in [1.54, 1.807) is 11.0 Å². The van der Waals surface area contributed by atoms with Crippen LogP contribution in [0.2, 0.25) is 0 Å². The number of anilines is 1. The van der Waals surface area contributed by atoms with Gasteiger partial charge in [0.1, 0.15) is 6.04 Å². The molecule has 5 heteroatoms. The number of nitrogens with zero attached hydrogens (tertiary/aromatic N) is 1. The molecular weight excluding hydrogens is 286 g/mol. The molecule has 3 rings (SSSR count). The SMILES string of the molecule is COC(=O)[C@H]1CCc2ccccc2N1C(=O)c1cccs1. The third-order valence-corrected chi connectivity index (χ3v) is 4.53. The molecule has 0 radical (unpaired) electrons. The minimum atomic E-state index is -0.556. The maximum atomic E-state index is 12.8. The highest BCUT2D eigenvalue weighted by Gasteiger charge is 2.36. The molecular formula is C16H15NO3S. The van der Waals surface area contributed by atoms with Crippen LogP contribution in [-0.2, 0) is 16.0 Å². The average molecular weight is 301 g/mol. The molecule has 1 aliphatic heterocycles. The lowest BCUT2D eigenvalue weighted by Gasteiger charge is -2.35. The van der Waals surface area contributed by atoms with Crippen molar-refractivity contribution < 1.29 is 14.3 Å². The number of aryl methyl sites for hydroxylation is 1. The van der Waals surface area contributed by atoms with Gasteiger partial charge in [0.05, 0.1) is 12.0 Å². The van der Waals surface area contributed by atoms with Gasteiger partial charge in [-0.2, -0.15) is 0 Å². The summed E-state index contributed by atoms with van der Waals surface area (Å²) in [6, 6.07) is 10.8. The van der Waals surface area contributed by atoms with E-state index < -0.39 is 6.04 Å². The van der Waals surface area contributed by atoms with E-state index >= 15 is 0 Å². The second-order valence-corrected chi connectivity index (χ2v) is 5.81. The first-order valence-electron chi connectivity index (χ1n) is 6.75. The van der Waals surface area contributed by atoms with Gasteiger partial charge in [-0.15, -0.1) is 11.3 Å². The monoisotopic (exact) mass is 301 g/mol. The number of benzene rings is 1. The Morgan fingerprint density at radius 3 is 2.76 bits per heavy atom. The highest BCUT2D eigenvalue weighted by molar-refractivity contribution is 7.12. The quantitative estimate of drug-likeness (QED) is 0.801. The molecule has 0 N–H and O–H groups in total. The van der Waals surface area contributed by atoms with E-state index in [0.29, 0.717) is 11.3 Å². The molecule has 1 atom stereocenters. The number of rotatable bonds is 2. The van der Waals surface area contributed by atoms with Crippen LogP contribution in [0.15, 0.2) is 41.8 Å². The highest BCUT2D eigenvalue weighted by atomic mass is 32.1. The van der Waals surface area contributed by atoms with Gasteiger partial charge in [-0.1, -0.05) is 24.3 Å². The van der Waals surface area contributed by atoms with Gasteiger partial charge < -0.3 is 4.74 Å². The summed E-state index contributed by atoms with van der Waals surface area (Å²) in [6.07, 6.45) is 1.35. The van der Waals surface area contributed by atoms with Crippen molar-refractivity contribution in [3.8, 4) is 0 Å². The van der Waals surface area contributed by atoms with Gasteiger partial charge in [0, 0.05) is 5.69 Å². The number of carbonyl (C=O) groups is 2. The van der Waals surface area contributed by atoms with Crippen LogP contribution in [0.1, 0.15) is 21.7 Å². The van der Waals surface area contributed by atoms with Crippen LogP contribution in [0.5, 0.6) is 0 Å². The molecule has 1 aromatic heterocycles. The number of methoxy groups -OCH3 is 1. The van der Waals surface area contributed by atoms with Crippen LogP contribution in [0.3, 0.4) is 0 Å². The maximum Gasteiger partial charge on any atom is 0.328 e. The fourth-order valence-corrected chi connectivity index (χ4v) is 3.34. The number of ether oxygens (including phenoxy) is 1. The third kappa shape index (κ3) is 2.45. The first kappa shape index (κ1) is 13.8. The lowest BCUT2D eigenvalue weighted by atomic mass is 9.95. The highest BCUT2D eigenvalue weighted by Crippen LogP contribution is 2.33. The normalized spacial score (nSPS) is 17.2. The number of hydrogen-bond acceptors (Lipinski definition) is 4. The van der Waals surface area contributed by atoms with Crippen molar-refractivity contribution in [3.63, 3.8) is 0 Å². The van der Waals surface area contributed by atoms with Crippen molar-refractivity contribution in [2.24, 2.45) is 0 Å². The first-order chi connectivity index (χ1) is 10.2. The summed E-state index contributed by atoms with van der Waals surface area (Å²) in [6.45, 7) is 0. The van der Waals surface area contributed by atoms with Crippen LogP contribution in [0, 0.1) is 0 Å². The molecule has 0 fully saturated rings. The fraction of sp³-hybridized carbons (Fsp3) is 0.250. The second kappa shape index (κ2) is 5.69. The van der Waals surface area contributed by atoms with Crippen LogP contribution in [0.25, 0.3) is 0 Å². The Kier molecular flexibility index (Phi) is 3.75. The zero-order chi connectivity index (χ0) is 14.8. The summed E-state index contributed by atoms with van der Waals surface area (Å²) in [5.41, 5.74) is 1.89. The van der Waals surface area contributed by atoms with E-state index in [2.05, 4.69) is 0 Å². The number of thiophene rings is 1. The van der Waals surface area contributed by atoms with Gasteiger partial charge in [-0.25, -0.2) is 4.79 Å². The Morgan fingerprint density at radius 1 is 1.24 bits per heavy atom. The molecule has 0 spiro atoms. The summed E-state index contributed by atoms with van der Waals surface area (Å²) in [5, 5.41) is 1.86. The minimum absolute atomic E-state index is 0.146. The number of carbonyl (C=O) groups excluding carboxylic acids is 2. The van der Waals surface area contributed by atoms with E-state index in [9.17, 15) is 9.59 Å². The summed E-state index contributed by atoms with van der Waals surface area (Å²) >= 11 is 1.38. The molecule has 0 saturated heterocycles. The number of amides is 1. The Labute approximate surface area is 127 Å². The second-order valence-electron chi connectivity index (χ2n) is 4.86. The summed E-state index contributed by atoms with van der Waals surface area (Å²) in [4.78, 5) is 27.0. The van der Waals surface area contributed by atoms with Crippen LogP contribution >= 0.6 is 11.3 Å². The first-order valence-corrected chi connectivity index (χ1v) is 7.63. The third-order valence-electron chi connectivity index (χ3n) is 3.67. The zero-order valence-electron chi connectivity index (χ0n) is 11.6. The molecule has 0 unspecified atom stereocenters. The van der Waals surface area contributed by atoms with Gasteiger partial charge in [0.25, 0.3) is 5.91 Å². The fourth-order valence-electron chi connectivity index (χ4n) is 2.68. The van der Waals surface area contributed by atoms with Gasteiger partial charge >= 0.3 is 5.97 Å². The predicted octanol–water partition coefficient (Wildman–Crippen LogP) is 2.88. The lowest BCUT2D eigenvalue weighted by molar-refractivity contribution is -0.142. The number of hydrogen-bond donors (Lipinski definition) is 0. The summed E-state index contributed by atoms with van der Waals surface area (Å²) < 4.78 is 4.87. The maximum absolute atomic E-state index is 12.8. The molecule has 2 aromatic rings. The largest absolute Gasteiger partial charge is 0.467 e. The van der Waals surface area contributed by atoms with Crippen molar-refractivity contribution in [2.75, 3.05) is 12.0 Å². The number of para-hydroxylation sites is 1. The van der Waals surface area contributed by atoms with Crippen molar-refractivity contribution in [1.29, 1.82) is 0 Å². The predicted molar refractivity (Wildman–Crippen MR) is 81.7 cm³/mol. The Morgan fingerprint density at radius 2 is 2.05 bits per heavy atom. The molecule has 4 nitrogen and oxygen atoms in total. The van der Waals surface area contributed by atoms with Crippen LogP contribution in [-0.4, -0.2) is 25.0 Å². The molecule has 108 valence electrons. The van der Waals surface area contributed by atoms with Crippen molar-refractivity contribution in [3.05, 3.63) is 52.2 Å². The summed E-state index contributed by atoms with van der Waals surface area (Å²) in [5.74, 6) is -0.512. The molecule has 0 bridgehead atoms. The molecule has 2 heterocycles. The van der Waals surface area contributed by atoms with Crippen LogP contribution < -0.4 is 4.90 Å². The molecule has 21 heavy (non-hydrogen) atoms. The van der Waals surface area contributed by atoms with Gasteiger partial charge in [-0.05, 0) is 35.9 Å². The van der Waals surface area contributed by atoms with Crippen LogP contribution in [0.4, 0.5) is 5.69 Å². The summed E-state index contributed by atoms with van der Waals surface area (Å²) in [7, 11) is 1.36. The molecule has 0 aliphatic carbocycles. The van der Waals surface area contributed by atoms with E-state index in [1.807, 2.05) is 35.7 Å². The van der Waals surface area contributed by atoms with Gasteiger partial charge in [-0.3, -0.25) is 9.69 Å². The topological polar surface area (TPSA) is 46.6 Å². The average Bonchev–Trinajstić information content (AvgIpc) is 3.06. The van der Waals surface area contributed by atoms with E-state index in [4.69, 9.17) is 4.74 Å². The van der Waals surface area contributed by atoms with Crippen molar-refractivity contribution >= 4 is 28.9 Å². The Balaban J connectivity index is 2.06. The zero-order valence-corrected chi connectivity index (χ0v) is 12.4. The number of esters is 1. The van der Waals surface area contributed by atoms with E-state index in [0.717, 1.165) is 17.7 Å². The van der Waals surface area contributed by atoms with E-state index in [1.165, 1.54) is 18.4 Å².